The van der Waals surface area contributed by atoms with Crippen molar-refractivity contribution < 1.29 is 14.5 Å². The first-order valence-electron chi connectivity index (χ1n) is 8.85. The molecule has 0 heterocycles. The summed E-state index contributed by atoms with van der Waals surface area (Å²) in [6.45, 7) is 2.28. The lowest BCUT2D eigenvalue weighted by Crippen LogP contribution is -2.13. The number of non-ortho nitro benzene ring substituents is 1. The lowest BCUT2D eigenvalue weighted by Gasteiger charge is -2.11. The third kappa shape index (κ3) is 4.39. The number of anilines is 1. The SMILES string of the molecule is CCOc1ccc2ccccc2c1/C=C(\C#N)C(=O)Nc1cccc([N+](=O)[O-])c1. The van der Waals surface area contributed by atoms with Crippen molar-refractivity contribution in [1.29, 1.82) is 5.26 Å². The van der Waals surface area contributed by atoms with E-state index in [1.54, 1.807) is 6.07 Å². The van der Waals surface area contributed by atoms with Crippen LogP contribution >= 0.6 is 0 Å². The van der Waals surface area contributed by atoms with Gasteiger partial charge in [0.15, 0.2) is 0 Å². The fourth-order valence-electron chi connectivity index (χ4n) is 2.89. The van der Waals surface area contributed by atoms with Crippen molar-refractivity contribution in [2.75, 3.05) is 11.9 Å². The van der Waals surface area contributed by atoms with E-state index in [1.807, 2.05) is 43.3 Å². The first-order valence-corrected chi connectivity index (χ1v) is 8.85. The molecule has 3 rings (SSSR count). The van der Waals surface area contributed by atoms with E-state index in [4.69, 9.17) is 4.74 Å². The largest absolute Gasteiger partial charge is 0.493 e. The Morgan fingerprint density at radius 1 is 1.21 bits per heavy atom. The van der Waals surface area contributed by atoms with Gasteiger partial charge < -0.3 is 10.1 Å². The average molecular weight is 387 g/mol. The predicted octanol–water partition coefficient (Wildman–Crippen LogP) is 4.69. The van der Waals surface area contributed by atoms with Gasteiger partial charge >= 0.3 is 0 Å². The summed E-state index contributed by atoms with van der Waals surface area (Å²) >= 11 is 0. The minimum absolute atomic E-state index is 0.145. The molecule has 7 nitrogen and oxygen atoms in total. The summed E-state index contributed by atoms with van der Waals surface area (Å²) in [6, 6.07) is 18.7. The monoisotopic (exact) mass is 387 g/mol. The molecule has 3 aromatic carbocycles. The smallest absolute Gasteiger partial charge is 0.271 e. The Balaban J connectivity index is 2.01. The molecule has 0 aliphatic carbocycles. The lowest BCUT2D eigenvalue weighted by atomic mass is 10.0. The molecule has 1 amide bonds. The quantitative estimate of drug-likeness (QED) is 0.286. The van der Waals surface area contributed by atoms with Crippen molar-refractivity contribution in [1.82, 2.24) is 0 Å². The minimum atomic E-state index is -0.664. The predicted molar refractivity (Wildman–Crippen MR) is 110 cm³/mol. The molecule has 0 aliphatic rings. The number of hydrogen-bond acceptors (Lipinski definition) is 5. The van der Waals surface area contributed by atoms with Crippen LogP contribution in [0.4, 0.5) is 11.4 Å². The molecule has 0 aliphatic heterocycles. The van der Waals surface area contributed by atoms with Gasteiger partial charge in [-0.25, -0.2) is 0 Å². The summed E-state index contributed by atoms with van der Waals surface area (Å²) in [5, 5.41) is 24.8. The van der Waals surface area contributed by atoms with Crippen molar-refractivity contribution in [3.05, 3.63) is 81.9 Å². The van der Waals surface area contributed by atoms with Crippen LogP contribution in [-0.2, 0) is 4.79 Å². The van der Waals surface area contributed by atoms with Crippen LogP contribution in [0.3, 0.4) is 0 Å². The lowest BCUT2D eigenvalue weighted by molar-refractivity contribution is -0.384. The number of fused-ring (bicyclic) bond motifs is 1. The summed E-state index contributed by atoms with van der Waals surface area (Å²) in [5.41, 5.74) is 0.552. The van der Waals surface area contributed by atoms with E-state index in [-0.39, 0.29) is 16.9 Å². The zero-order valence-electron chi connectivity index (χ0n) is 15.6. The van der Waals surface area contributed by atoms with Crippen LogP contribution in [-0.4, -0.2) is 17.4 Å². The number of nitriles is 1. The van der Waals surface area contributed by atoms with Gasteiger partial charge in [-0.1, -0.05) is 36.4 Å². The van der Waals surface area contributed by atoms with Gasteiger partial charge in [0.05, 0.1) is 11.5 Å². The number of nitrogens with zero attached hydrogens (tertiary/aromatic N) is 2. The summed E-state index contributed by atoms with van der Waals surface area (Å²) < 4.78 is 5.67. The van der Waals surface area contributed by atoms with E-state index >= 15 is 0 Å². The second-order valence-corrected chi connectivity index (χ2v) is 6.06. The molecule has 0 unspecified atom stereocenters. The number of carbonyl (C=O) groups excluding carboxylic acids is 1. The fraction of sp³-hybridized carbons (Fsp3) is 0.0909. The maximum atomic E-state index is 12.6. The molecule has 29 heavy (non-hydrogen) atoms. The van der Waals surface area contributed by atoms with Crippen molar-refractivity contribution in [2.24, 2.45) is 0 Å². The second kappa shape index (κ2) is 8.67. The Hall–Kier alpha value is -4.18. The number of ether oxygens (including phenoxy) is 1. The Kier molecular flexibility index (Phi) is 5.85. The molecule has 0 bridgehead atoms. The number of carbonyl (C=O) groups is 1. The summed E-state index contributed by atoms with van der Waals surface area (Å²) in [5.74, 6) is -0.106. The molecule has 0 saturated carbocycles. The summed E-state index contributed by atoms with van der Waals surface area (Å²) in [7, 11) is 0. The van der Waals surface area contributed by atoms with Gasteiger partial charge in [-0.05, 0) is 35.9 Å². The highest BCUT2D eigenvalue weighted by Crippen LogP contribution is 2.30. The van der Waals surface area contributed by atoms with Gasteiger partial charge in [0.1, 0.15) is 17.4 Å². The summed E-state index contributed by atoms with van der Waals surface area (Å²) in [6.07, 6.45) is 1.47. The van der Waals surface area contributed by atoms with E-state index in [0.29, 0.717) is 17.9 Å². The fourth-order valence-corrected chi connectivity index (χ4v) is 2.89. The maximum absolute atomic E-state index is 12.6. The first kappa shape index (κ1) is 19.6. The molecule has 0 fully saturated rings. The van der Waals surface area contributed by atoms with Gasteiger partial charge in [0.25, 0.3) is 11.6 Å². The Labute approximate surface area is 167 Å². The maximum Gasteiger partial charge on any atom is 0.271 e. The van der Waals surface area contributed by atoms with Crippen LogP contribution in [0, 0.1) is 21.4 Å². The van der Waals surface area contributed by atoms with Crippen molar-refractivity contribution >= 4 is 34.1 Å². The van der Waals surface area contributed by atoms with Crippen molar-refractivity contribution in [2.45, 2.75) is 6.92 Å². The number of rotatable bonds is 6. The van der Waals surface area contributed by atoms with E-state index < -0.39 is 10.8 Å². The van der Waals surface area contributed by atoms with Crippen LogP contribution < -0.4 is 10.1 Å². The number of nitro groups is 1. The third-order valence-corrected chi connectivity index (χ3v) is 4.20. The third-order valence-electron chi connectivity index (χ3n) is 4.20. The second-order valence-electron chi connectivity index (χ2n) is 6.06. The molecule has 144 valence electrons. The van der Waals surface area contributed by atoms with Gasteiger partial charge in [-0.3, -0.25) is 14.9 Å². The number of hydrogen-bond donors (Lipinski definition) is 1. The normalized spacial score (nSPS) is 11.0. The molecule has 7 heteroatoms. The van der Waals surface area contributed by atoms with Crippen molar-refractivity contribution in [3.63, 3.8) is 0 Å². The number of benzene rings is 3. The standard InChI is InChI=1S/C22H17N3O4/c1-2-29-21-11-10-15-6-3-4-9-19(15)20(21)12-16(14-23)22(26)24-17-7-5-8-18(13-17)25(27)28/h3-13H,2H2,1H3,(H,24,26)/b16-12+. The van der Waals surface area contributed by atoms with Crippen LogP contribution in [0.2, 0.25) is 0 Å². The first-order chi connectivity index (χ1) is 14.0. The van der Waals surface area contributed by atoms with E-state index in [9.17, 15) is 20.2 Å². The van der Waals surface area contributed by atoms with Crippen LogP contribution in [0.15, 0.2) is 66.2 Å². The molecule has 0 atom stereocenters. The molecular formula is C22H17N3O4. The zero-order chi connectivity index (χ0) is 20.8. The van der Waals surface area contributed by atoms with Crippen molar-refractivity contribution in [3.8, 4) is 11.8 Å². The van der Waals surface area contributed by atoms with Gasteiger partial charge in [0, 0.05) is 23.4 Å². The van der Waals surface area contributed by atoms with Gasteiger partial charge in [-0.2, -0.15) is 5.26 Å². The number of nitro benzene ring substituents is 1. The van der Waals surface area contributed by atoms with Crippen LogP contribution in [0.5, 0.6) is 5.75 Å². The highest BCUT2D eigenvalue weighted by atomic mass is 16.6. The molecule has 0 spiro atoms. The Morgan fingerprint density at radius 2 is 2.00 bits per heavy atom. The highest BCUT2D eigenvalue weighted by molar-refractivity contribution is 6.11. The molecular weight excluding hydrogens is 370 g/mol. The Bertz CT molecular complexity index is 1160. The van der Waals surface area contributed by atoms with E-state index in [1.165, 1.54) is 30.3 Å². The van der Waals surface area contributed by atoms with E-state index in [2.05, 4.69) is 5.32 Å². The molecule has 3 aromatic rings. The molecule has 0 radical (unpaired) electrons. The molecule has 1 N–H and O–H groups in total. The van der Waals surface area contributed by atoms with Gasteiger partial charge in [0.2, 0.25) is 0 Å². The Morgan fingerprint density at radius 3 is 2.72 bits per heavy atom. The van der Waals surface area contributed by atoms with Crippen LogP contribution in [0.1, 0.15) is 12.5 Å². The number of amides is 1. The highest BCUT2D eigenvalue weighted by Gasteiger charge is 2.15. The topological polar surface area (TPSA) is 105 Å². The molecule has 0 aromatic heterocycles. The zero-order valence-corrected chi connectivity index (χ0v) is 15.6. The number of nitrogens with one attached hydrogen (secondary N) is 1. The van der Waals surface area contributed by atoms with E-state index in [0.717, 1.165) is 10.8 Å². The minimum Gasteiger partial charge on any atom is -0.493 e. The summed E-state index contributed by atoms with van der Waals surface area (Å²) in [4.78, 5) is 23.0. The molecule has 0 saturated heterocycles. The van der Waals surface area contributed by atoms with Crippen LogP contribution in [0.25, 0.3) is 16.8 Å². The average Bonchev–Trinajstić information content (AvgIpc) is 2.73. The van der Waals surface area contributed by atoms with Gasteiger partial charge in [-0.15, -0.1) is 0 Å².